The van der Waals surface area contributed by atoms with Gasteiger partial charge in [-0.2, -0.15) is 0 Å². The second-order valence-corrected chi connectivity index (χ2v) is 8.14. The molecule has 3 unspecified atom stereocenters. The fourth-order valence-corrected chi connectivity index (χ4v) is 4.47. The van der Waals surface area contributed by atoms with Gasteiger partial charge in [0.15, 0.2) is 10.8 Å². The number of carbonyl (C=O) groups excluding carboxylic acids is 3. The Morgan fingerprint density at radius 1 is 1.53 bits per heavy atom. The Morgan fingerprint density at radius 3 is 2.93 bits per heavy atom. The van der Waals surface area contributed by atoms with Gasteiger partial charge in [0.05, 0.1) is 6.61 Å². The van der Waals surface area contributed by atoms with Crippen molar-refractivity contribution >= 4 is 51.7 Å². The van der Waals surface area contributed by atoms with Crippen LogP contribution in [0.2, 0.25) is 0 Å². The minimum atomic E-state index is -1.21. The number of nitrogens with one attached hydrogen (secondary N) is 1. The van der Waals surface area contributed by atoms with Crippen LogP contribution in [-0.2, 0) is 24.0 Å². The molecule has 3 heterocycles. The predicted molar refractivity (Wildman–Crippen MR) is 107 cm³/mol. The van der Waals surface area contributed by atoms with Gasteiger partial charge in [-0.05, 0) is 6.08 Å². The van der Waals surface area contributed by atoms with Crippen LogP contribution in [0.25, 0.3) is 0 Å². The van der Waals surface area contributed by atoms with E-state index in [0.717, 1.165) is 11.3 Å². The number of anilines is 1. The molecule has 1 aromatic rings. The molecule has 162 valence electrons. The monoisotopic (exact) mass is 457 g/mol. The van der Waals surface area contributed by atoms with Crippen molar-refractivity contribution in [3.8, 4) is 0 Å². The van der Waals surface area contributed by atoms with Gasteiger partial charge in [-0.1, -0.05) is 5.16 Å². The number of amides is 2. The summed E-state index contributed by atoms with van der Waals surface area (Å²) in [5.74, 6) is -1.56. The maximum atomic E-state index is 12.7. The number of aliphatic hydroxyl groups excluding tert-OH is 2. The van der Waals surface area contributed by atoms with E-state index in [4.69, 9.17) is 20.4 Å². The van der Waals surface area contributed by atoms with E-state index in [1.165, 1.54) is 35.2 Å². The summed E-state index contributed by atoms with van der Waals surface area (Å²) in [5, 5.41) is 25.6. The third-order valence-corrected chi connectivity index (χ3v) is 5.98. The topological polar surface area (TPSA) is 177 Å². The van der Waals surface area contributed by atoms with Crippen LogP contribution in [0, 0.1) is 0 Å². The number of fused-ring (bicyclic) bond motifs is 1. The summed E-state index contributed by atoms with van der Waals surface area (Å²) in [7, 11) is 1.27. The number of esters is 1. The molecule has 5 N–H and O–H groups in total. The van der Waals surface area contributed by atoms with Gasteiger partial charge in [0.2, 0.25) is 0 Å². The number of β-lactam (4-membered cyclic amide) rings is 1. The van der Waals surface area contributed by atoms with Crippen molar-refractivity contribution in [1.29, 1.82) is 0 Å². The van der Waals surface area contributed by atoms with E-state index >= 15 is 0 Å². The summed E-state index contributed by atoms with van der Waals surface area (Å²) in [6.45, 7) is -0.960. The first-order chi connectivity index (χ1) is 14.4. The molecule has 2 aliphatic rings. The minimum absolute atomic E-state index is 0.0254. The number of carbonyl (C=O) groups is 3. The Kier molecular flexibility index (Phi) is 6.91. The van der Waals surface area contributed by atoms with Crippen molar-refractivity contribution in [1.82, 2.24) is 15.2 Å². The van der Waals surface area contributed by atoms with Crippen LogP contribution in [0.4, 0.5) is 5.13 Å². The van der Waals surface area contributed by atoms with Crippen molar-refractivity contribution < 1.29 is 34.2 Å². The third-order valence-electron chi connectivity index (χ3n) is 4.12. The lowest BCUT2D eigenvalue weighted by atomic mass is 10.0. The summed E-state index contributed by atoms with van der Waals surface area (Å²) in [5.41, 5.74) is 5.70. The molecular formula is C16H19N5O7S2. The molecule has 14 heteroatoms. The summed E-state index contributed by atoms with van der Waals surface area (Å²) < 4.78 is 4.92. The summed E-state index contributed by atoms with van der Waals surface area (Å²) in [4.78, 5) is 47.4. The van der Waals surface area contributed by atoms with Crippen LogP contribution in [0.3, 0.4) is 0 Å². The molecule has 1 saturated heterocycles. The number of nitrogen functional groups attached to an aromatic ring is 1. The van der Waals surface area contributed by atoms with E-state index in [0.29, 0.717) is 5.75 Å². The lowest BCUT2D eigenvalue weighted by Gasteiger charge is -2.48. The molecular weight excluding hydrogens is 438 g/mol. The molecule has 0 aliphatic carbocycles. The Balaban J connectivity index is 1.67. The average Bonchev–Trinajstić information content (AvgIpc) is 3.18. The first-order valence-corrected chi connectivity index (χ1v) is 10.5. The largest absolute Gasteiger partial charge is 0.458 e. The van der Waals surface area contributed by atoms with Crippen molar-refractivity contribution in [2.45, 2.75) is 17.5 Å². The Bertz CT molecular complexity index is 902. The zero-order valence-corrected chi connectivity index (χ0v) is 17.3. The Morgan fingerprint density at radius 2 is 2.30 bits per heavy atom. The maximum absolute atomic E-state index is 12.7. The van der Waals surface area contributed by atoms with Crippen molar-refractivity contribution in [3.05, 3.63) is 22.8 Å². The lowest BCUT2D eigenvalue weighted by molar-refractivity contribution is -0.154. The second-order valence-electron chi connectivity index (χ2n) is 6.10. The van der Waals surface area contributed by atoms with Crippen LogP contribution in [0.5, 0.6) is 0 Å². The number of rotatable bonds is 8. The highest BCUT2D eigenvalue weighted by molar-refractivity contribution is 8.00. The highest BCUT2D eigenvalue weighted by Crippen LogP contribution is 2.37. The number of nitrogens with zero attached hydrogens (tertiary/aromatic N) is 3. The van der Waals surface area contributed by atoms with Crippen LogP contribution in [0.15, 0.2) is 22.3 Å². The number of thioether (sulfide) groups is 1. The van der Waals surface area contributed by atoms with Gasteiger partial charge in [-0.25, -0.2) is 9.78 Å². The summed E-state index contributed by atoms with van der Waals surface area (Å²) in [6.07, 6.45) is 0.321. The molecule has 3 rings (SSSR count). The molecule has 0 radical (unpaired) electrons. The number of nitrogens with two attached hydrogens (primary N) is 1. The van der Waals surface area contributed by atoms with E-state index in [2.05, 4.69) is 15.5 Å². The van der Waals surface area contributed by atoms with Crippen molar-refractivity contribution in [2.24, 2.45) is 5.16 Å². The second kappa shape index (κ2) is 9.42. The maximum Gasteiger partial charge on any atom is 0.354 e. The third kappa shape index (κ3) is 4.40. The highest BCUT2D eigenvalue weighted by atomic mass is 32.2. The van der Waals surface area contributed by atoms with Gasteiger partial charge in [-0.3, -0.25) is 14.5 Å². The highest BCUT2D eigenvalue weighted by Gasteiger charge is 2.53. The standard InChI is InChI=1S/C16H19N5O7S2/c1-27-20-10(8-6-30-16(17)18-8)12(24)19-11-13(25)21-9(2-3-29-14(11)21)15(26)28-5-7(23)4-22/h2,6-7,11,14,22-23H,3-5H2,1H3,(H2,17,18)(H,19,24)/b20-10+. The van der Waals surface area contributed by atoms with Gasteiger partial charge in [0.25, 0.3) is 11.8 Å². The van der Waals surface area contributed by atoms with E-state index < -0.39 is 48.5 Å². The summed E-state index contributed by atoms with van der Waals surface area (Å²) in [6, 6.07) is -0.889. The molecule has 0 aromatic carbocycles. The van der Waals surface area contributed by atoms with Crippen LogP contribution < -0.4 is 11.1 Å². The first-order valence-electron chi connectivity index (χ1n) is 8.61. The molecule has 0 saturated carbocycles. The number of oxime groups is 1. The fraction of sp³-hybridized carbons (Fsp3) is 0.438. The normalized spacial score (nSPS) is 21.8. The van der Waals surface area contributed by atoms with E-state index in [1.807, 2.05) is 0 Å². The number of aromatic nitrogens is 1. The van der Waals surface area contributed by atoms with Crippen LogP contribution in [0.1, 0.15) is 5.69 Å². The van der Waals surface area contributed by atoms with Crippen LogP contribution >= 0.6 is 23.1 Å². The smallest absolute Gasteiger partial charge is 0.354 e. The van der Waals surface area contributed by atoms with Gasteiger partial charge in [0.1, 0.15) is 42.6 Å². The van der Waals surface area contributed by atoms with E-state index in [1.54, 1.807) is 0 Å². The van der Waals surface area contributed by atoms with Gasteiger partial charge < -0.3 is 30.8 Å². The Labute approximate surface area is 178 Å². The molecule has 0 bridgehead atoms. The van der Waals surface area contributed by atoms with E-state index in [9.17, 15) is 19.5 Å². The quantitative estimate of drug-likeness (QED) is 0.152. The number of hydrogen-bond acceptors (Lipinski definition) is 12. The fourth-order valence-electron chi connectivity index (χ4n) is 2.73. The van der Waals surface area contributed by atoms with E-state index in [-0.39, 0.29) is 22.2 Å². The predicted octanol–water partition coefficient (Wildman–Crippen LogP) is -1.74. The number of thiazole rings is 1. The molecule has 1 aromatic heterocycles. The number of hydrogen-bond donors (Lipinski definition) is 4. The average molecular weight is 457 g/mol. The molecule has 3 atom stereocenters. The van der Waals surface area contributed by atoms with Crippen molar-refractivity contribution in [3.63, 3.8) is 0 Å². The molecule has 2 amide bonds. The molecule has 2 aliphatic heterocycles. The van der Waals surface area contributed by atoms with Crippen LogP contribution in [-0.4, -0.2) is 87.2 Å². The molecule has 0 spiro atoms. The SMILES string of the molecule is CO/N=C(/C(=O)NC1C(=O)N2C(C(=O)OCC(O)CO)=CCSC12)c1csc(N)n1. The Hall–Kier alpha value is -2.68. The molecule has 1 fully saturated rings. The van der Waals surface area contributed by atoms with Gasteiger partial charge in [0, 0.05) is 11.1 Å². The van der Waals surface area contributed by atoms with Gasteiger partial charge in [-0.15, -0.1) is 23.1 Å². The lowest BCUT2D eigenvalue weighted by Crippen LogP contribution is -2.70. The molecule has 30 heavy (non-hydrogen) atoms. The van der Waals surface area contributed by atoms with Crippen molar-refractivity contribution in [2.75, 3.05) is 31.8 Å². The minimum Gasteiger partial charge on any atom is -0.458 e. The summed E-state index contributed by atoms with van der Waals surface area (Å²) >= 11 is 2.48. The van der Waals surface area contributed by atoms with Gasteiger partial charge >= 0.3 is 5.97 Å². The molecule has 12 nitrogen and oxygen atoms in total. The number of aliphatic hydroxyl groups is 2. The first kappa shape index (κ1) is 22.0. The zero-order valence-electron chi connectivity index (χ0n) is 15.7. The zero-order chi connectivity index (χ0) is 21.8. The number of ether oxygens (including phenoxy) is 1.